The normalized spacial score (nSPS) is 9.73. The smallest absolute Gasteiger partial charge is 0.0710 e. The molecule has 0 amide bonds. The van der Waals surface area contributed by atoms with Crippen molar-refractivity contribution < 1.29 is 9.47 Å². The van der Waals surface area contributed by atoms with E-state index in [4.69, 9.17) is 21.1 Å². The minimum atomic E-state index is 0.569. The molecule has 0 atom stereocenters. The number of hydrogen-bond donors (Lipinski definition) is 0. The largest absolute Gasteiger partial charge is 0.377 e. The van der Waals surface area contributed by atoms with Gasteiger partial charge in [-0.05, 0) is 19.4 Å². The maximum absolute atomic E-state index is 5.52. The van der Waals surface area contributed by atoms with Crippen molar-refractivity contribution in [3.8, 4) is 0 Å². The number of halogens is 1. The second-order valence-corrected chi connectivity index (χ2v) is 2.26. The molecule has 2 nitrogen and oxygen atoms in total. The highest BCUT2D eigenvalue weighted by molar-refractivity contribution is 6.25. The molecule has 0 rings (SSSR count). The molecule has 3 heteroatoms. The van der Waals surface area contributed by atoms with Gasteiger partial charge in [-0.15, -0.1) is 0 Å². The molecular formula is C8H15ClO2. The molecule has 0 spiro atoms. The molecule has 0 aliphatic carbocycles. The molecule has 0 radical (unpaired) electrons. The Kier molecular flexibility index (Phi) is 8.01. The molecule has 0 aromatic rings. The highest BCUT2D eigenvalue weighted by atomic mass is 35.5. The van der Waals surface area contributed by atoms with Gasteiger partial charge in [-0.1, -0.05) is 11.6 Å². The molecule has 11 heavy (non-hydrogen) atoms. The van der Waals surface area contributed by atoms with Crippen molar-refractivity contribution in [2.24, 2.45) is 0 Å². The maximum atomic E-state index is 5.52. The zero-order valence-electron chi connectivity index (χ0n) is 7.10. The van der Waals surface area contributed by atoms with Gasteiger partial charge >= 0.3 is 0 Å². The van der Waals surface area contributed by atoms with Crippen LogP contribution < -0.4 is 0 Å². The van der Waals surface area contributed by atoms with E-state index in [9.17, 15) is 0 Å². The second-order valence-electron chi connectivity index (χ2n) is 2.04. The summed E-state index contributed by atoms with van der Waals surface area (Å²) in [5.74, 6) is 0. The zero-order valence-corrected chi connectivity index (χ0v) is 7.86. The SMILES string of the molecule is CCOCC(=CCl)COCC. The van der Waals surface area contributed by atoms with E-state index >= 15 is 0 Å². The topological polar surface area (TPSA) is 18.5 Å². The Balaban J connectivity index is 3.43. The molecule has 0 aromatic heterocycles. The van der Waals surface area contributed by atoms with Gasteiger partial charge in [0.1, 0.15) is 0 Å². The molecule has 0 N–H and O–H groups in total. The van der Waals surface area contributed by atoms with Crippen molar-refractivity contribution in [3.63, 3.8) is 0 Å². The first-order valence-electron chi connectivity index (χ1n) is 3.78. The van der Waals surface area contributed by atoms with Crippen molar-refractivity contribution in [1.82, 2.24) is 0 Å². The summed E-state index contributed by atoms with van der Waals surface area (Å²) in [5.41, 5.74) is 2.50. The number of hydrogen-bond acceptors (Lipinski definition) is 2. The molecule has 0 heterocycles. The van der Waals surface area contributed by atoms with Crippen LogP contribution in [0.5, 0.6) is 0 Å². The summed E-state index contributed by atoms with van der Waals surface area (Å²) in [5, 5.41) is 0. The van der Waals surface area contributed by atoms with Gasteiger partial charge in [0.2, 0.25) is 0 Å². The fraction of sp³-hybridized carbons (Fsp3) is 0.750. The lowest BCUT2D eigenvalue weighted by Crippen LogP contribution is -2.04. The standard InChI is InChI=1S/C8H15ClO2/c1-3-10-6-8(5-9)7-11-4-2/h5H,3-4,6-7H2,1-2H3. The average Bonchev–Trinajstić information content (AvgIpc) is 2.05. The van der Waals surface area contributed by atoms with Crippen LogP contribution in [-0.2, 0) is 9.47 Å². The van der Waals surface area contributed by atoms with Crippen LogP contribution in [0.2, 0.25) is 0 Å². The quantitative estimate of drug-likeness (QED) is 0.621. The summed E-state index contributed by atoms with van der Waals surface area (Å²) in [6.07, 6.45) is 0. The number of rotatable bonds is 6. The fourth-order valence-corrected chi connectivity index (χ4v) is 0.697. The molecule has 0 saturated heterocycles. The van der Waals surface area contributed by atoms with Gasteiger partial charge < -0.3 is 9.47 Å². The third-order valence-corrected chi connectivity index (χ3v) is 1.45. The highest BCUT2D eigenvalue weighted by Gasteiger charge is 1.95. The monoisotopic (exact) mass is 178 g/mol. The molecule has 0 bridgehead atoms. The lowest BCUT2D eigenvalue weighted by molar-refractivity contribution is 0.132. The van der Waals surface area contributed by atoms with Crippen LogP contribution in [0, 0.1) is 0 Å². The van der Waals surface area contributed by atoms with E-state index in [0.717, 1.165) is 5.57 Å². The summed E-state index contributed by atoms with van der Waals surface area (Å²) in [7, 11) is 0. The van der Waals surface area contributed by atoms with Crippen molar-refractivity contribution in [3.05, 3.63) is 11.1 Å². The molecule has 66 valence electrons. The third-order valence-electron chi connectivity index (χ3n) is 1.14. The van der Waals surface area contributed by atoms with Crippen LogP contribution in [0.15, 0.2) is 11.1 Å². The molecule has 0 aliphatic heterocycles. The van der Waals surface area contributed by atoms with Crippen molar-refractivity contribution in [1.29, 1.82) is 0 Å². The first kappa shape index (κ1) is 11.0. The Hall–Kier alpha value is -0.0500. The van der Waals surface area contributed by atoms with Gasteiger partial charge in [0, 0.05) is 18.7 Å². The van der Waals surface area contributed by atoms with Gasteiger partial charge in [-0.25, -0.2) is 0 Å². The van der Waals surface area contributed by atoms with E-state index in [1.807, 2.05) is 13.8 Å². The number of ether oxygens (including phenoxy) is 2. The average molecular weight is 179 g/mol. The predicted molar refractivity (Wildman–Crippen MR) is 46.9 cm³/mol. The molecule has 0 aromatic carbocycles. The molecule has 0 saturated carbocycles. The zero-order chi connectivity index (χ0) is 8.53. The highest BCUT2D eigenvalue weighted by Crippen LogP contribution is 1.98. The van der Waals surface area contributed by atoms with Crippen LogP contribution in [0.3, 0.4) is 0 Å². The first-order valence-corrected chi connectivity index (χ1v) is 4.22. The van der Waals surface area contributed by atoms with E-state index in [-0.39, 0.29) is 0 Å². The lowest BCUT2D eigenvalue weighted by Gasteiger charge is -2.05. The molecule has 0 aliphatic rings. The van der Waals surface area contributed by atoms with E-state index < -0.39 is 0 Å². The van der Waals surface area contributed by atoms with Gasteiger partial charge in [-0.2, -0.15) is 0 Å². The third kappa shape index (κ3) is 6.35. The Labute approximate surface area is 73.1 Å². The second kappa shape index (κ2) is 8.05. The van der Waals surface area contributed by atoms with Crippen LogP contribution in [0.4, 0.5) is 0 Å². The summed E-state index contributed by atoms with van der Waals surface area (Å²) < 4.78 is 10.3. The minimum Gasteiger partial charge on any atom is -0.377 e. The Morgan fingerprint density at radius 3 is 1.91 bits per heavy atom. The van der Waals surface area contributed by atoms with Crippen molar-refractivity contribution >= 4 is 11.6 Å². The Morgan fingerprint density at radius 1 is 1.18 bits per heavy atom. The van der Waals surface area contributed by atoms with Gasteiger partial charge in [0.05, 0.1) is 13.2 Å². The molecule has 0 fully saturated rings. The van der Waals surface area contributed by atoms with Crippen LogP contribution in [0.1, 0.15) is 13.8 Å². The van der Waals surface area contributed by atoms with E-state index in [0.29, 0.717) is 26.4 Å². The maximum Gasteiger partial charge on any atom is 0.0710 e. The van der Waals surface area contributed by atoms with Gasteiger partial charge in [0.15, 0.2) is 0 Å². The summed E-state index contributed by atoms with van der Waals surface area (Å²) in [4.78, 5) is 0. The summed E-state index contributed by atoms with van der Waals surface area (Å²) in [6.45, 7) is 6.46. The minimum absolute atomic E-state index is 0.569. The lowest BCUT2D eigenvalue weighted by atomic mass is 10.3. The Morgan fingerprint density at radius 2 is 1.64 bits per heavy atom. The van der Waals surface area contributed by atoms with Gasteiger partial charge in [-0.3, -0.25) is 0 Å². The molecule has 0 unspecified atom stereocenters. The van der Waals surface area contributed by atoms with Crippen LogP contribution >= 0.6 is 11.6 Å². The van der Waals surface area contributed by atoms with Gasteiger partial charge in [0.25, 0.3) is 0 Å². The van der Waals surface area contributed by atoms with Crippen LogP contribution in [-0.4, -0.2) is 26.4 Å². The van der Waals surface area contributed by atoms with E-state index in [2.05, 4.69) is 0 Å². The predicted octanol–water partition coefficient (Wildman–Crippen LogP) is 2.18. The van der Waals surface area contributed by atoms with E-state index in [1.165, 1.54) is 5.54 Å². The summed E-state index contributed by atoms with van der Waals surface area (Å²) >= 11 is 5.52. The fourth-order valence-electron chi connectivity index (χ4n) is 0.571. The Bertz CT molecular complexity index is 103. The van der Waals surface area contributed by atoms with Crippen molar-refractivity contribution in [2.45, 2.75) is 13.8 Å². The summed E-state index contributed by atoms with van der Waals surface area (Å²) in [6, 6.07) is 0. The van der Waals surface area contributed by atoms with Crippen molar-refractivity contribution in [2.75, 3.05) is 26.4 Å². The molecular weight excluding hydrogens is 164 g/mol. The first-order chi connectivity index (χ1) is 5.35. The van der Waals surface area contributed by atoms with E-state index in [1.54, 1.807) is 0 Å². The van der Waals surface area contributed by atoms with Crippen LogP contribution in [0.25, 0.3) is 0 Å².